The Morgan fingerprint density at radius 3 is 2.45 bits per heavy atom. The van der Waals surface area contributed by atoms with Gasteiger partial charge < -0.3 is 19.4 Å². The molecular formula is C22H26N2O5. The van der Waals surface area contributed by atoms with Crippen LogP contribution in [0.2, 0.25) is 0 Å². The van der Waals surface area contributed by atoms with E-state index >= 15 is 0 Å². The van der Waals surface area contributed by atoms with Gasteiger partial charge in [0.25, 0.3) is 5.91 Å². The number of ether oxygens (including phenoxy) is 2. The Morgan fingerprint density at radius 2 is 1.86 bits per heavy atom. The largest absolute Gasteiger partial charge is 0.497 e. The lowest BCUT2D eigenvalue weighted by Crippen LogP contribution is -2.45. The van der Waals surface area contributed by atoms with E-state index < -0.39 is 12.0 Å². The van der Waals surface area contributed by atoms with Gasteiger partial charge in [0.05, 0.1) is 20.3 Å². The van der Waals surface area contributed by atoms with Crippen molar-refractivity contribution in [3.63, 3.8) is 0 Å². The van der Waals surface area contributed by atoms with Crippen LogP contribution >= 0.6 is 0 Å². The predicted octanol–water partition coefficient (Wildman–Crippen LogP) is 3.30. The molecule has 1 aromatic carbocycles. The molecule has 3 rings (SSSR count). The zero-order chi connectivity index (χ0) is 21.3. The minimum absolute atomic E-state index is 0.0345. The Balaban J connectivity index is 1.93. The van der Waals surface area contributed by atoms with Gasteiger partial charge in [-0.05, 0) is 57.4 Å². The molecule has 29 heavy (non-hydrogen) atoms. The number of H-pyrrole nitrogens is 1. The third kappa shape index (κ3) is 3.90. The Labute approximate surface area is 170 Å². The molecule has 1 aliphatic rings. The smallest absolute Gasteiger partial charge is 0.354 e. The third-order valence-electron chi connectivity index (χ3n) is 5.36. The second-order valence-corrected chi connectivity index (χ2v) is 7.33. The molecule has 0 unspecified atom stereocenters. The van der Waals surface area contributed by atoms with Crippen molar-refractivity contribution >= 4 is 17.7 Å². The van der Waals surface area contributed by atoms with Crippen molar-refractivity contribution in [2.45, 2.75) is 45.7 Å². The average Bonchev–Trinajstić information content (AvgIpc) is 3.51. The van der Waals surface area contributed by atoms with Crippen molar-refractivity contribution in [3.05, 3.63) is 52.3 Å². The number of amides is 1. The summed E-state index contributed by atoms with van der Waals surface area (Å²) >= 11 is 0. The molecular weight excluding hydrogens is 372 g/mol. The molecule has 1 aromatic heterocycles. The Bertz CT molecular complexity index is 958. The van der Waals surface area contributed by atoms with Crippen molar-refractivity contribution in [1.29, 1.82) is 0 Å². The van der Waals surface area contributed by atoms with Gasteiger partial charge in [-0.2, -0.15) is 0 Å². The maximum atomic E-state index is 13.4. The Morgan fingerprint density at radius 1 is 1.17 bits per heavy atom. The van der Waals surface area contributed by atoms with E-state index in [0.717, 1.165) is 12.8 Å². The van der Waals surface area contributed by atoms with Gasteiger partial charge >= 0.3 is 5.97 Å². The first-order chi connectivity index (χ1) is 13.8. The number of esters is 1. The number of hydrogen-bond donors (Lipinski definition) is 1. The first-order valence-corrected chi connectivity index (χ1v) is 9.58. The molecule has 1 fully saturated rings. The van der Waals surface area contributed by atoms with Crippen molar-refractivity contribution in [2.24, 2.45) is 0 Å². The van der Waals surface area contributed by atoms with E-state index in [4.69, 9.17) is 9.47 Å². The van der Waals surface area contributed by atoms with Crippen LogP contribution in [0.3, 0.4) is 0 Å². The number of rotatable bonds is 7. The second kappa shape index (κ2) is 8.11. The summed E-state index contributed by atoms with van der Waals surface area (Å²) in [5, 5.41) is 0. The molecule has 1 aliphatic carbocycles. The van der Waals surface area contributed by atoms with E-state index in [0.29, 0.717) is 28.1 Å². The monoisotopic (exact) mass is 398 g/mol. The van der Waals surface area contributed by atoms with E-state index in [2.05, 4.69) is 4.98 Å². The summed E-state index contributed by atoms with van der Waals surface area (Å²) in [5.74, 6) is -0.338. The van der Waals surface area contributed by atoms with Crippen LogP contribution in [0.5, 0.6) is 5.75 Å². The fourth-order valence-corrected chi connectivity index (χ4v) is 3.68. The molecule has 0 radical (unpaired) electrons. The molecule has 0 saturated heterocycles. The number of aromatic nitrogens is 1. The lowest BCUT2D eigenvalue weighted by molar-refractivity contribution is 0.0591. The lowest BCUT2D eigenvalue weighted by atomic mass is 9.99. The molecule has 1 saturated carbocycles. The molecule has 0 bridgehead atoms. The Kier molecular flexibility index (Phi) is 5.77. The minimum Gasteiger partial charge on any atom is -0.497 e. The highest BCUT2D eigenvalue weighted by Crippen LogP contribution is 2.32. The molecule has 1 heterocycles. The van der Waals surface area contributed by atoms with E-state index in [1.807, 2.05) is 0 Å². The fraction of sp³-hybridized carbons (Fsp3) is 0.409. The van der Waals surface area contributed by atoms with Crippen molar-refractivity contribution < 1.29 is 23.9 Å². The topological polar surface area (TPSA) is 88.7 Å². The van der Waals surface area contributed by atoms with E-state index in [-0.39, 0.29) is 23.4 Å². The normalized spacial score (nSPS) is 14.2. The highest BCUT2D eigenvalue weighted by Gasteiger charge is 2.40. The summed E-state index contributed by atoms with van der Waals surface area (Å²) in [7, 11) is 2.84. The summed E-state index contributed by atoms with van der Waals surface area (Å²) in [6.45, 7) is 5.19. The SMILES string of the molecule is COC(=O)c1[nH]c(C)c(C(=O)[C@@H](C)N(C(=O)c2cccc(OC)c2)C2CC2)c1C. The van der Waals surface area contributed by atoms with E-state index in [1.165, 1.54) is 7.11 Å². The molecule has 1 atom stereocenters. The number of hydrogen-bond acceptors (Lipinski definition) is 5. The van der Waals surface area contributed by atoms with Crippen LogP contribution in [-0.4, -0.2) is 53.8 Å². The molecule has 7 nitrogen and oxygen atoms in total. The van der Waals surface area contributed by atoms with Gasteiger partial charge in [-0.25, -0.2) is 4.79 Å². The number of ketones is 1. The standard InChI is InChI=1S/C22H26N2O5/c1-12-18(13(2)23-19(12)22(27)29-5)20(25)14(3)24(16-9-10-16)21(26)15-7-6-8-17(11-15)28-4/h6-8,11,14,16,23H,9-10H2,1-5H3/t14-/m1/s1. The molecule has 1 amide bonds. The predicted molar refractivity (Wildman–Crippen MR) is 108 cm³/mol. The van der Waals surface area contributed by atoms with Crippen LogP contribution in [0.25, 0.3) is 0 Å². The molecule has 1 N–H and O–H groups in total. The number of nitrogens with zero attached hydrogens (tertiary/aromatic N) is 1. The van der Waals surface area contributed by atoms with E-state index in [9.17, 15) is 14.4 Å². The summed E-state index contributed by atoms with van der Waals surface area (Å²) in [4.78, 5) is 43.1. The van der Waals surface area contributed by atoms with Crippen LogP contribution in [-0.2, 0) is 4.74 Å². The van der Waals surface area contributed by atoms with Crippen LogP contribution in [0.15, 0.2) is 24.3 Å². The minimum atomic E-state index is -0.667. The van der Waals surface area contributed by atoms with Crippen LogP contribution in [0.4, 0.5) is 0 Å². The summed E-state index contributed by atoms with van der Waals surface area (Å²) in [5.41, 5.74) is 2.30. The Hall–Kier alpha value is -3.09. The van der Waals surface area contributed by atoms with Crippen molar-refractivity contribution in [3.8, 4) is 5.75 Å². The summed E-state index contributed by atoms with van der Waals surface area (Å²) in [6.07, 6.45) is 1.73. The molecule has 0 aliphatic heterocycles. The quantitative estimate of drug-likeness (QED) is 0.571. The van der Waals surface area contributed by atoms with Gasteiger partial charge in [-0.3, -0.25) is 9.59 Å². The number of carbonyl (C=O) groups excluding carboxylic acids is 3. The van der Waals surface area contributed by atoms with Crippen molar-refractivity contribution in [1.82, 2.24) is 9.88 Å². The number of benzene rings is 1. The maximum absolute atomic E-state index is 13.4. The van der Waals surface area contributed by atoms with Crippen LogP contribution < -0.4 is 4.74 Å². The van der Waals surface area contributed by atoms with Gasteiger partial charge in [0.2, 0.25) is 0 Å². The number of aryl methyl sites for hydroxylation is 1. The highest BCUT2D eigenvalue weighted by molar-refractivity contribution is 6.07. The molecule has 0 spiro atoms. The zero-order valence-corrected chi connectivity index (χ0v) is 17.4. The first kappa shape index (κ1) is 20.6. The third-order valence-corrected chi connectivity index (χ3v) is 5.36. The zero-order valence-electron chi connectivity index (χ0n) is 17.4. The number of aromatic amines is 1. The second-order valence-electron chi connectivity index (χ2n) is 7.33. The average molecular weight is 398 g/mol. The first-order valence-electron chi connectivity index (χ1n) is 9.58. The fourth-order valence-electron chi connectivity index (χ4n) is 3.68. The number of carbonyl (C=O) groups is 3. The molecule has 2 aromatic rings. The highest BCUT2D eigenvalue weighted by atomic mass is 16.5. The van der Waals surface area contributed by atoms with Gasteiger partial charge in [0, 0.05) is 22.9 Å². The molecule has 7 heteroatoms. The summed E-state index contributed by atoms with van der Waals surface area (Å²) in [6, 6.07) is 6.30. The lowest BCUT2D eigenvalue weighted by Gasteiger charge is -2.29. The van der Waals surface area contributed by atoms with E-state index in [1.54, 1.807) is 57.0 Å². The molecule has 154 valence electrons. The van der Waals surface area contributed by atoms with Gasteiger partial charge in [0.1, 0.15) is 11.4 Å². The van der Waals surface area contributed by atoms with Gasteiger partial charge in [-0.1, -0.05) is 6.07 Å². The number of methoxy groups -OCH3 is 2. The van der Waals surface area contributed by atoms with Gasteiger partial charge in [0.15, 0.2) is 5.78 Å². The van der Waals surface area contributed by atoms with Gasteiger partial charge in [-0.15, -0.1) is 0 Å². The van der Waals surface area contributed by atoms with Crippen LogP contribution in [0.1, 0.15) is 62.2 Å². The number of Topliss-reactive ketones (excluding diaryl/α,β-unsaturated/α-hetero) is 1. The maximum Gasteiger partial charge on any atom is 0.354 e. The number of nitrogens with one attached hydrogen (secondary N) is 1. The van der Waals surface area contributed by atoms with Crippen molar-refractivity contribution in [2.75, 3.05) is 14.2 Å². The van der Waals surface area contributed by atoms with Crippen LogP contribution in [0, 0.1) is 13.8 Å². The summed E-state index contributed by atoms with van der Waals surface area (Å²) < 4.78 is 10.0.